The molecular weight excluding hydrogens is 417 g/mol. The Bertz CT molecular complexity index is 847. The Labute approximate surface area is 180 Å². The molecule has 0 aliphatic carbocycles. The van der Waals surface area contributed by atoms with E-state index in [9.17, 15) is 9.59 Å². The van der Waals surface area contributed by atoms with Crippen LogP contribution in [-0.2, 0) is 23.8 Å². The maximum absolute atomic E-state index is 13.0. The molecule has 1 heterocycles. The van der Waals surface area contributed by atoms with Crippen LogP contribution in [0.25, 0.3) is 0 Å². The topological polar surface area (TPSA) is 74.2 Å². The lowest BCUT2D eigenvalue weighted by Gasteiger charge is -2.32. The number of benzene rings is 1. The van der Waals surface area contributed by atoms with Gasteiger partial charge in [0.25, 0.3) is 0 Å². The second-order valence-corrected chi connectivity index (χ2v) is 7.75. The van der Waals surface area contributed by atoms with Crippen LogP contribution in [0.15, 0.2) is 34.5 Å². The molecule has 0 amide bonds. The number of halogens is 2. The van der Waals surface area contributed by atoms with Gasteiger partial charge in [-0.25, -0.2) is 4.79 Å². The molecule has 29 heavy (non-hydrogen) atoms. The number of rotatable bonds is 7. The molecular formula is C21H25Cl2NO5. The van der Waals surface area contributed by atoms with Crippen molar-refractivity contribution in [3.63, 3.8) is 0 Å². The Kier molecular flexibility index (Phi) is 8.25. The van der Waals surface area contributed by atoms with Crippen LogP contribution in [0.4, 0.5) is 0 Å². The summed E-state index contributed by atoms with van der Waals surface area (Å²) in [4.78, 5) is 30.3. The summed E-state index contributed by atoms with van der Waals surface area (Å²) in [7, 11) is 1.51. The van der Waals surface area contributed by atoms with Crippen LogP contribution in [-0.4, -0.2) is 44.1 Å². The fraction of sp³-hybridized carbons (Fsp3) is 0.476. The molecule has 2 rings (SSSR count). The lowest BCUT2D eigenvalue weighted by atomic mass is 9.75. The van der Waals surface area contributed by atoms with Gasteiger partial charge >= 0.3 is 11.9 Å². The minimum atomic E-state index is -0.831. The number of aliphatic imine (C=N–C) groups is 1. The second kappa shape index (κ2) is 10.2. The molecule has 1 aromatic carbocycles. The summed E-state index contributed by atoms with van der Waals surface area (Å²) in [6.45, 7) is 7.28. The number of carbonyl (C=O) groups is 2. The predicted octanol–water partition coefficient (Wildman–Crippen LogP) is 4.58. The quantitative estimate of drug-likeness (QED) is 0.457. The first-order chi connectivity index (χ1) is 13.7. The van der Waals surface area contributed by atoms with Gasteiger partial charge in [0, 0.05) is 24.4 Å². The van der Waals surface area contributed by atoms with Crippen molar-refractivity contribution >= 4 is 40.9 Å². The van der Waals surface area contributed by atoms with E-state index in [0.717, 1.165) is 0 Å². The van der Waals surface area contributed by atoms with E-state index in [1.54, 1.807) is 45.9 Å². The number of hydrogen-bond acceptors (Lipinski definition) is 6. The first kappa shape index (κ1) is 23.4. The molecule has 2 atom stereocenters. The molecule has 0 fully saturated rings. The Balaban J connectivity index is 2.60. The largest absolute Gasteiger partial charge is 0.462 e. The van der Waals surface area contributed by atoms with Gasteiger partial charge < -0.3 is 14.2 Å². The smallest absolute Gasteiger partial charge is 0.336 e. The van der Waals surface area contributed by atoms with E-state index in [1.807, 2.05) is 0 Å². The number of esters is 2. The number of methoxy groups -OCH3 is 1. The summed E-state index contributed by atoms with van der Waals surface area (Å²) in [6.07, 6.45) is -0.324. The summed E-state index contributed by atoms with van der Waals surface area (Å²) in [5.74, 6) is -2.64. The van der Waals surface area contributed by atoms with E-state index >= 15 is 0 Å². The molecule has 0 saturated heterocycles. The summed E-state index contributed by atoms with van der Waals surface area (Å²) in [5.41, 5.74) is 1.78. The molecule has 1 aliphatic rings. The monoisotopic (exact) mass is 441 g/mol. The van der Waals surface area contributed by atoms with Gasteiger partial charge in [0.15, 0.2) is 0 Å². The van der Waals surface area contributed by atoms with Crippen molar-refractivity contribution in [3.8, 4) is 0 Å². The third kappa shape index (κ3) is 5.38. The molecule has 8 heteroatoms. The maximum Gasteiger partial charge on any atom is 0.336 e. The average molecular weight is 442 g/mol. The average Bonchev–Trinajstić information content (AvgIpc) is 2.62. The number of hydrogen-bond donors (Lipinski definition) is 0. The van der Waals surface area contributed by atoms with Gasteiger partial charge in [0.05, 0.1) is 28.3 Å². The third-order valence-corrected chi connectivity index (χ3v) is 5.32. The van der Waals surface area contributed by atoms with Crippen molar-refractivity contribution in [2.75, 3.05) is 20.3 Å². The van der Waals surface area contributed by atoms with Crippen molar-refractivity contribution in [3.05, 3.63) is 45.1 Å². The van der Waals surface area contributed by atoms with E-state index in [-0.39, 0.29) is 29.9 Å². The molecule has 0 aromatic heterocycles. The van der Waals surface area contributed by atoms with Crippen LogP contribution in [0, 0.1) is 5.92 Å². The van der Waals surface area contributed by atoms with Crippen LogP contribution in [0.3, 0.4) is 0 Å². The zero-order chi connectivity index (χ0) is 21.7. The third-order valence-electron chi connectivity index (χ3n) is 4.49. The van der Waals surface area contributed by atoms with Crippen molar-refractivity contribution in [2.45, 2.75) is 39.7 Å². The van der Waals surface area contributed by atoms with Gasteiger partial charge in [-0.3, -0.25) is 9.79 Å². The van der Waals surface area contributed by atoms with Gasteiger partial charge in [-0.1, -0.05) is 35.3 Å². The normalized spacial score (nSPS) is 19.2. The van der Waals surface area contributed by atoms with Crippen LogP contribution in [0.2, 0.25) is 10.0 Å². The van der Waals surface area contributed by atoms with E-state index in [4.69, 9.17) is 37.4 Å². The zero-order valence-electron chi connectivity index (χ0n) is 17.1. The van der Waals surface area contributed by atoms with Gasteiger partial charge in [-0.15, -0.1) is 0 Å². The molecule has 1 aliphatic heterocycles. The standard InChI is InChI=1S/C21H25Cl2NO5/c1-11(2)29-21(26)17-13(4)24-12(3)16(20(25)28-10-9-27-5)18(17)14-7-6-8-15(22)19(14)23/h6-8,11,17-18H,9-10H2,1-5H3. The molecule has 0 radical (unpaired) electrons. The van der Waals surface area contributed by atoms with Gasteiger partial charge in [-0.05, 0) is 39.3 Å². The summed E-state index contributed by atoms with van der Waals surface area (Å²) in [5, 5.41) is 0.594. The predicted molar refractivity (Wildman–Crippen MR) is 113 cm³/mol. The van der Waals surface area contributed by atoms with Crippen molar-refractivity contribution in [1.29, 1.82) is 0 Å². The van der Waals surface area contributed by atoms with E-state index in [0.29, 0.717) is 22.0 Å². The Morgan fingerprint density at radius 3 is 2.48 bits per heavy atom. The van der Waals surface area contributed by atoms with Crippen LogP contribution in [0.5, 0.6) is 0 Å². The van der Waals surface area contributed by atoms with E-state index in [1.165, 1.54) is 7.11 Å². The second-order valence-electron chi connectivity index (χ2n) is 6.97. The molecule has 0 bridgehead atoms. The van der Waals surface area contributed by atoms with E-state index in [2.05, 4.69) is 4.99 Å². The lowest BCUT2D eigenvalue weighted by Crippen LogP contribution is -2.37. The number of carbonyl (C=O) groups excluding carboxylic acids is 2. The van der Waals surface area contributed by atoms with Crippen LogP contribution >= 0.6 is 23.2 Å². The summed E-state index contributed by atoms with van der Waals surface area (Å²) < 4.78 is 15.7. The van der Waals surface area contributed by atoms with Crippen LogP contribution in [0.1, 0.15) is 39.2 Å². The highest BCUT2D eigenvalue weighted by Gasteiger charge is 2.43. The summed E-state index contributed by atoms with van der Waals surface area (Å²) >= 11 is 12.7. The minimum Gasteiger partial charge on any atom is -0.462 e. The Hall–Kier alpha value is -1.89. The zero-order valence-corrected chi connectivity index (χ0v) is 18.6. The van der Waals surface area contributed by atoms with Crippen molar-refractivity contribution in [1.82, 2.24) is 0 Å². The molecule has 0 N–H and O–H groups in total. The molecule has 2 unspecified atom stereocenters. The van der Waals surface area contributed by atoms with Gasteiger partial charge in [0.1, 0.15) is 12.5 Å². The number of allylic oxidation sites excluding steroid dienone is 1. The first-order valence-electron chi connectivity index (χ1n) is 9.25. The first-order valence-corrected chi connectivity index (χ1v) is 10.0. The number of nitrogens with zero attached hydrogens (tertiary/aromatic N) is 1. The van der Waals surface area contributed by atoms with Gasteiger partial charge in [0.2, 0.25) is 0 Å². The molecule has 6 nitrogen and oxygen atoms in total. The SMILES string of the molecule is COCCOC(=O)C1=C(C)N=C(C)C(C(=O)OC(C)C)C1c1cccc(Cl)c1Cl. The van der Waals surface area contributed by atoms with Crippen LogP contribution < -0.4 is 0 Å². The molecule has 0 spiro atoms. The highest BCUT2D eigenvalue weighted by atomic mass is 35.5. The fourth-order valence-electron chi connectivity index (χ4n) is 3.31. The Morgan fingerprint density at radius 1 is 1.17 bits per heavy atom. The fourth-order valence-corrected chi connectivity index (χ4v) is 3.73. The van der Waals surface area contributed by atoms with Gasteiger partial charge in [-0.2, -0.15) is 0 Å². The summed E-state index contributed by atoms with van der Waals surface area (Å²) in [6, 6.07) is 5.10. The maximum atomic E-state index is 13.0. The van der Waals surface area contributed by atoms with Crippen molar-refractivity contribution in [2.24, 2.45) is 10.9 Å². The molecule has 0 saturated carbocycles. The highest BCUT2D eigenvalue weighted by Crippen LogP contribution is 2.44. The molecule has 1 aromatic rings. The number of ether oxygens (including phenoxy) is 3. The van der Waals surface area contributed by atoms with Crippen molar-refractivity contribution < 1.29 is 23.8 Å². The minimum absolute atomic E-state index is 0.0753. The highest BCUT2D eigenvalue weighted by molar-refractivity contribution is 6.42. The Morgan fingerprint density at radius 2 is 1.86 bits per heavy atom. The lowest BCUT2D eigenvalue weighted by molar-refractivity contribution is -0.150. The molecule has 158 valence electrons. The van der Waals surface area contributed by atoms with E-state index < -0.39 is 23.8 Å².